The van der Waals surface area contributed by atoms with E-state index in [2.05, 4.69) is 217 Å². The number of nitrogens with zero attached hydrogens (tertiary/aromatic N) is 1. The summed E-state index contributed by atoms with van der Waals surface area (Å²) in [6.07, 6.45) is 0. The Balaban J connectivity index is 0.948. The Morgan fingerprint density at radius 1 is 0.200 bits per heavy atom. The molecule has 11 aromatic rings. The summed E-state index contributed by atoms with van der Waals surface area (Å²) in [5.41, 5.74) is 13.2. The summed E-state index contributed by atoms with van der Waals surface area (Å²) >= 11 is 0. The molecule has 0 radical (unpaired) electrons. The van der Waals surface area contributed by atoms with Crippen LogP contribution in [0.5, 0.6) is 0 Å². The highest BCUT2D eigenvalue weighted by atomic mass is 15.0. The molecule has 55 heavy (non-hydrogen) atoms. The molecular formula is C54H35N. The smallest absolute Gasteiger partial charge is 0.0541 e. The number of aromatic nitrogens is 1. The molecule has 256 valence electrons. The van der Waals surface area contributed by atoms with Crippen molar-refractivity contribution in [3.8, 4) is 50.2 Å². The van der Waals surface area contributed by atoms with Gasteiger partial charge < -0.3 is 4.57 Å². The molecule has 11 rings (SSSR count). The Bertz CT molecular complexity index is 3180. The fraction of sp³-hybridized carbons (Fsp3) is 0. The summed E-state index contributed by atoms with van der Waals surface area (Å²) in [6.45, 7) is 0. The zero-order valence-corrected chi connectivity index (χ0v) is 30.2. The zero-order chi connectivity index (χ0) is 36.3. The Labute approximate surface area is 320 Å². The van der Waals surface area contributed by atoms with Crippen LogP contribution in [0.15, 0.2) is 212 Å². The number of hydrogen-bond acceptors (Lipinski definition) is 0. The van der Waals surface area contributed by atoms with Crippen molar-refractivity contribution >= 4 is 54.1 Å². The highest BCUT2D eigenvalue weighted by Gasteiger charge is 2.14. The van der Waals surface area contributed by atoms with Crippen molar-refractivity contribution in [2.75, 3.05) is 0 Å². The second-order valence-corrected chi connectivity index (χ2v) is 14.5. The van der Waals surface area contributed by atoms with Crippen LogP contribution in [0.3, 0.4) is 0 Å². The minimum atomic E-state index is 1.16. The van der Waals surface area contributed by atoms with Crippen LogP contribution >= 0.6 is 0 Å². The molecule has 0 unspecified atom stereocenters. The van der Waals surface area contributed by atoms with Gasteiger partial charge in [0.15, 0.2) is 0 Å². The second kappa shape index (κ2) is 12.7. The lowest BCUT2D eigenvalue weighted by molar-refractivity contribution is 1.18. The average molecular weight is 698 g/mol. The monoisotopic (exact) mass is 697 g/mol. The van der Waals surface area contributed by atoms with Gasteiger partial charge in [-0.15, -0.1) is 0 Å². The molecule has 0 bridgehead atoms. The van der Waals surface area contributed by atoms with Crippen LogP contribution in [0.2, 0.25) is 0 Å². The summed E-state index contributed by atoms with van der Waals surface area (Å²) in [4.78, 5) is 0. The quantitative estimate of drug-likeness (QED) is 0.158. The van der Waals surface area contributed by atoms with Gasteiger partial charge in [-0.2, -0.15) is 0 Å². The van der Waals surface area contributed by atoms with Gasteiger partial charge in [-0.25, -0.2) is 0 Å². The molecule has 0 amide bonds. The van der Waals surface area contributed by atoms with E-state index in [0.717, 1.165) is 5.69 Å². The largest absolute Gasteiger partial charge is 0.309 e. The highest BCUT2D eigenvalue weighted by molar-refractivity contribution is 6.25. The molecule has 0 fully saturated rings. The molecule has 10 aromatic carbocycles. The van der Waals surface area contributed by atoms with E-state index in [1.807, 2.05) is 0 Å². The van der Waals surface area contributed by atoms with Crippen molar-refractivity contribution in [3.63, 3.8) is 0 Å². The second-order valence-electron chi connectivity index (χ2n) is 14.5. The lowest BCUT2D eigenvalue weighted by Crippen LogP contribution is -1.94. The Morgan fingerprint density at radius 3 is 0.982 bits per heavy atom. The predicted octanol–water partition coefficient (Wildman–Crippen LogP) is 14.9. The predicted molar refractivity (Wildman–Crippen MR) is 235 cm³/mol. The maximum Gasteiger partial charge on any atom is 0.0541 e. The fourth-order valence-corrected chi connectivity index (χ4v) is 8.75. The lowest BCUT2D eigenvalue weighted by atomic mass is 9.91. The van der Waals surface area contributed by atoms with Gasteiger partial charge in [-0.05, 0) is 125 Å². The summed E-state index contributed by atoms with van der Waals surface area (Å²) in [7, 11) is 0. The first-order valence-electron chi connectivity index (χ1n) is 19.0. The summed E-state index contributed by atoms with van der Waals surface area (Å²) in [5, 5.41) is 10.3. The molecule has 1 heteroatoms. The lowest BCUT2D eigenvalue weighted by Gasteiger charge is -2.13. The number of rotatable bonds is 5. The maximum absolute atomic E-state index is 2.39. The van der Waals surface area contributed by atoms with Crippen LogP contribution in [0.4, 0.5) is 0 Å². The number of hydrogen-bond donors (Lipinski definition) is 0. The van der Waals surface area contributed by atoms with Crippen LogP contribution in [0.25, 0.3) is 104 Å². The molecule has 0 aliphatic carbocycles. The first kappa shape index (κ1) is 31.3. The highest BCUT2D eigenvalue weighted by Crippen LogP contribution is 2.39. The Hall–Kier alpha value is -7.22. The van der Waals surface area contributed by atoms with Crippen molar-refractivity contribution in [2.45, 2.75) is 0 Å². The normalized spacial score (nSPS) is 11.6. The van der Waals surface area contributed by atoms with E-state index in [4.69, 9.17) is 0 Å². The van der Waals surface area contributed by atoms with Crippen molar-refractivity contribution in [3.05, 3.63) is 212 Å². The van der Waals surface area contributed by atoms with E-state index in [-0.39, 0.29) is 0 Å². The molecule has 0 N–H and O–H groups in total. The molecule has 1 heterocycles. The molecule has 0 aliphatic rings. The van der Waals surface area contributed by atoms with Crippen molar-refractivity contribution in [1.29, 1.82) is 0 Å². The van der Waals surface area contributed by atoms with Gasteiger partial charge in [0.2, 0.25) is 0 Å². The van der Waals surface area contributed by atoms with E-state index in [0.29, 0.717) is 0 Å². The molecule has 0 atom stereocenters. The third-order valence-corrected chi connectivity index (χ3v) is 11.3. The van der Waals surface area contributed by atoms with Gasteiger partial charge in [0, 0.05) is 16.5 Å². The standard InChI is InChI=1S/C54H35N/c1-2-23-47-45(21-1)46-22-3-4-24-48(46)52-35-43(29-30-49(47)52)41-18-11-16-39(33-41)37-14-9-13-36(31-37)38-15-10-17-40(32-38)42-19-12-20-44(34-42)55-53-27-7-5-25-50(53)51-26-6-8-28-54(51)55/h1-35H. The van der Waals surface area contributed by atoms with Crippen molar-refractivity contribution < 1.29 is 0 Å². The average Bonchev–Trinajstić information content (AvgIpc) is 3.61. The summed E-state index contributed by atoms with van der Waals surface area (Å²) in [6, 6.07) is 77.7. The number of benzene rings is 10. The SMILES string of the molecule is c1cc(-c2cccc(-c3cccc(-n4c5ccccc5c5ccccc54)c3)c2)cc(-c2cccc(-c3ccc4c5ccccc5c5ccccc5c4c3)c2)c1. The molecule has 1 nitrogen and oxygen atoms in total. The minimum Gasteiger partial charge on any atom is -0.309 e. The van der Waals surface area contributed by atoms with Crippen LogP contribution in [-0.4, -0.2) is 4.57 Å². The van der Waals surface area contributed by atoms with E-state index in [1.165, 1.54) is 98.6 Å². The molecular weight excluding hydrogens is 663 g/mol. The van der Waals surface area contributed by atoms with E-state index in [9.17, 15) is 0 Å². The van der Waals surface area contributed by atoms with E-state index >= 15 is 0 Å². The van der Waals surface area contributed by atoms with Gasteiger partial charge in [0.25, 0.3) is 0 Å². The van der Waals surface area contributed by atoms with Crippen LogP contribution < -0.4 is 0 Å². The van der Waals surface area contributed by atoms with Gasteiger partial charge in [0.05, 0.1) is 11.0 Å². The number of para-hydroxylation sites is 2. The van der Waals surface area contributed by atoms with Crippen LogP contribution in [0.1, 0.15) is 0 Å². The molecule has 0 saturated heterocycles. The molecule has 0 saturated carbocycles. The van der Waals surface area contributed by atoms with Gasteiger partial charge in [0.1, 0.15) is 0 Å². The van der Waals surface area contributed by atoms with E-state index in [1.54, 1.807) is 0 Å². The molecule has 0 aliphatic heterocycles. The summed E-state index contributed by atoms with van der Waals surface area (Å²) < 4.78 is 2.39. The maximum atomic E-state index is 2.39. The topological polar surface area (TPSA) is 4.93 Å². The van der Waals surface area contributed by atoms with Gasteiger partial charge in [-0.3, -0.25) is 0 Å². The van der Waals surface area contributed by atoms with Crippen LogP contribution in [0, 0.1) is 0 Å². The first-order valence-corrected chi connectivity index (χ1v) is 19.0. The fourth-order valence-electron chi connectivity index (χ4n) is 8.75. The minimum absolute atomic E-state index is 1.16. The van der Waals surface area contributed by atoms with Crippen molar-refractivity contribution in [1.82, 2.24) is 4.57 Å². The van der Waals surface area contributed by atoms with Gasteiger partial charge >= 0.3 is 0 Å². The Morgan fingerprint density at radius 2 is 0.527 bits per heavy atom. The first-order chi connectivity index (χ1) is 27.3. The summed E-state index contributed by atoms with van der Waals surface area (Å²) in [5.74, 6) is 0. The van der Waals surface area contributed by atoms with Gasteiger partial charge in [-0.1, -0.05) is 164 Å². The Kier molecular flexibility index (Phi) is 7.25. The zero-order valence-electron chi connectivity index (χ0n) is 30.2. The molecule has 1 aromatic heterocycles. The van der Waals surface area contributed by atoms with E-state index < -0.39 is 0 Å². The van der Waals surface area contributed by atoms with Crippen molar-refractivity contribution in [2.24, 2.45) is 0 Å². The number of fused-ring (bicyclic) bond motifs is 9. The molecule has 0 spiro atoms. The third kappa shape index (κ3) is 5.24. The third-order valence-electron chi connectivity index (χ3n) is 11.3. The van der Waals surface area contributed by atoms with Crippen LogP contribution in [-0.2, 0) is 0 Å².